The summed E-state index contributed by atoms with van der Waals surface area (Å²) in [6, 6.07) is 14.4. The molecule has 24 heavy (non-hydrogen) atoms. The van der Waals surface area contributed by atoms with Crippen LogP contribution in [-0.4, -0.2) is 22.4 Å². The van der Waals surface area contributed by atoms with Gasteiger partial charge in [-0.15, -0.1) is 11.8 Å². The Morgan fingerprint density at radius 1 is 1.12 bits per heavy atom. The van der Waals surface area contributed by atoms with Gasteiger partial charge in [0.25, 0.3) is 0 Å². The first-order valence-corrected chi connectivity index (χ1v) is 9.78. The van der Waals surface area contributed by atoms with E-state index in [1.807, 2.05) is 44.4 Å². The molecule has 0 radical (unpaired) electrons. The van der Waals surface area contributed by atoms with Crippen molar-refractivity contribution in [2.75, 3.05) is 6.26 Å². The molecule has 2 aromatic carbocycles. The van der Waals surface area contributed by atoms with E-state index in [-0.39, 0.29) is 5.78 Å². The van der Waals surface area contributed by atoms with Gasteiger partial charge in [-0.05, 0) is 43.9 Å². The normalized spacial score (nSPS) is 13.3. The van der Waals surface area contributed by atoms with E-state index in [0.29, 0.717) is 17.7 Å². The standard InChI is InChI=1S/C18H20O4S2/c1-4-17(18(19)14-7-11-16(23-3)12-8-14)22-24(20)21-15-9-5-13(2)6-10-15/h5-12,17H,4H2,1-3H3. The van der Waals surface area contributed by atoms with Crippen LogP contribution in [-0.2, 0) is 15.5 Å². The van der Waals surface area contributed by atoms with E-state index in [1.54, 1.807) is 36.0 Å². The molecule has 0 saturated heterocycles. The highest BCUT2D eigenvalue weighted by Crippen LogP contribution is 2.18. The number of thioether (sulfide) groups is 1. The van der Waals surface area contributed by atoms with Gasteiger partial charge in [-0.25, -0.2) is 4.18 Å². The minimum Gasteiger partial charge on any atom is -0.380 e. The third-order valence-corrected chi connectivity index (χ3v) is 4.88. The summed E-state index contributed by atoms with van der Waals surface area (Å²) in [5.41, 5.74) is 1.61. The van der Waals surface area contributed by atoms with Crippen LogP contribution in [0.1, 0.15) is 29.3 Å². The molecule has 0 amide bonds. The van der Waals surface area contributed by atoms with Crippen molar-refractivity contribution in [3.8, 4) is 5.75 Å². The highest BCUT2D eigenvalue weighted by Gasteiger charge is 2.23. The molecule has 128 valence electrons. The third kappa shape index (κ3) is 5.19. The van der Waals surface area contributed by atoms with Crippen LogP contribution in [0, 0.1) is 6.92 Å². The Bertz CT molecular complexity index is 696. The molecule has 0 aromatic heterocycles. The highest BCUT2D eigenvalue weighted by molar-refractivity contribution is 7.98. The van der Waals surface area contributed by atoms with Crippen molar-refractivity contribution in [2.24, 2.45) is 0 Å². The first-order valence-electron chi connectivity index (χ1n) is 7.55. The van der Waals surface area contributed by atoms with E-state index in [2.05, 4.69) is 0 Å². The molecule has 0 aliphatic heterocycles. The fourth-order valence-corrected chi connectivity index (χ4v) is 3.15. The molecule has 0 spiro atoms. The van der Waals surface area contributed by atoms with Crippen LogP contribution in [0.4, 0.5) is 0 Å². The molecule has 2 aromatic rings. The number of carbonyl (C=O) groups is 1. The lowest BCUT2D eigenvalue weighted by Gasteiger charge is -2.14. The van der Waals surface area contributed by atoms with Gasteiger partial charge in [0, 0.05) is 10.5 Å². The van der Waals surface area contributed by atoms with E-state index in [4.69, 9.17) is 8.37 Å². The smallest absolute Gasteiger partial charge is 0.360 e. The van der Waals surface area contributed by atoms with Crippen molar-refractivity contribution >= 4 is 28.9 Å². The Balaban J connectivity index is 2.00. The maximum Gasteiger partial charge on any atom is 0.360 e. The maximum absolute atomic E-state index is 12.5. The number of hydrogen-bond donors (Lipinski definition) is 0. The van der Waals surface area contributed by atoms with E-state index < -0.39 is 17.5 Å². The molecule has 0 aliphatic carbocycles. The van der Waals surface area contributed by atoms with Gasteiger partial charge < -0.3 is 4.18 Å². The number of aryl methyl sites for hydroxylation is 1. The monoisotopic (exact) mass is 364 g/mol. The van der Waals surface area contributed by atoms with Crippen LogP contribution in [0.25, 0.3) is 0 Å². The van der Waals surface area contributed by atoms with Gasteiger partial charge in [-0.2, -0.15) is 4.21 Å². The Hall–Kier alpha value is -1.63. The minimum atomic E-state index is -2.03. The molecule has 6 heteroatoms. The molecule has 0 aliphatic rings. The molecule has 2 rings (SSSR count). The fraction of sp³-hybridized carbons (Fsp3) is 0.278. The topological polar surface area (TPSA) is 52.6 Å². The van der Waals surface area contributed by atoms with E-state index in [1.165, 1.54) is 0 Å². The Morgan fingerprint density at radius 2 is 1.75 bits per heavy atom. The third-order valence-electron chi connectivity index (χ3n) is 3.42. The summed E-state index contributed by atoms with van der Waals surface area (Å²) in [6.07, 6.45) is 1.57. The number of ketones is 1. The largest absolute Gasteiger partial charge is 0.380 e. The summed E-state index contributed by atoms with van der Waals surface area (Å²) in [5.74, 6) is 0.233. The molecule has 2 atom stereocenters. The zero-order valence-electron chi connectivity index (χ0n) is 13.9. The zero-order chi connectivity index (χ0) is 17.5. The van der Waals surface area contributed by atoms with Crippen LogP contribution in [0.15, 0.2) is 53.4 Å². The van der Waals surface area contributed by atoms with Crippen LogP contribution >= 0.6 is 11.8 Å². The minimum absolute atomic E-state index is 0.203. The summed E-state index contributed by atoms with van der Waals surface area (Å²) in [6.45, 7) is 3.76. The van der Waals surface area contributed by atoms with Gasteiger partial charge in [0.05, 0.1) is 0 Å². The van der Waals surface area contributed by atoms with E-state index in [0.717, 1.165) is 10.5 Å². The lowest BCUT2D eigenvalue weighted by Crippen LogP contribution is -2.26. The van der Waals surface area contributed by atoms with Crippen molar-refractivity contribution < 1.29 is 17.4 Å². The van der Waals surface area contributed by atoms with Crippen LogP contribution in [0.2, 0.25) is 0 Å². The predicted octanol–water partition coefficient (Wildman–Crippen LogP) is 4.35. The van der Waals surface area contributed by atoms with Crippen molar-refractivity contribution in [1.82, 2.24) is 0 Å². The van der Waals surface area contributed by atoms with Crippen LogP contribution < -0.4 is 4.18 Å². The molecule has 0 heterocycles. The molecular weight excluding hydrogens is 344 g/mol. The number of benzene rings is 2. The predicted molar refractivity (Wildman–Crippen MR) is 97.7 cm³/mol. The second-order valence-corrected chi connectivity index (χ2v) is 6.83. The molecule has 2 unspecified atom stereocenters. The Labute approximate surface area is 149 Å². The number of hydrogen-bond acceptors (Lipinski definition) is 5. The molecule has 0 fully saturated rings. The van der Waals surface area contributed by atoms with E-state index >= 15 is 0 Å². The van der Waals surface area contributed by atoms with Crippen molar-refractivity contribution in [2.45, 2.75) is 31.3 Å². The summed E-state index contributed by atoms with van der Waals surface area (Å²) < 4.78 is 22.5. The maximum atomic E-state index is 12.5. The zero-order valence-corrected chi connectivity index (χ0v) is 15.5. The number of carbonyl (C=O) groups excluding carboxylic acids is 1. The van der Waals surface area contributed by atoms with Crippen LogP contribution in [0.3, 0.4) is 0 Å². The lowest BCUT2D eigenvalue weighted by atomic mass is 10.1. The van der Waals surface area contributed by atoms with Gasteiger partial charge in [0.15, 0.2) is 5.78 Å². The summed E-state index contributed by atoms with van der Waals surface area (Å²) in [7, 11) is 0. The second kappa shape index (κ2) is 9.01. The van der Waals surface area contributed by atoms with Gasteiger partial charge in [-0.1, -0.05) is 36.8 Å². The lowest BCUT2D eigenvalue weighted by molar-refractivity contribution is 0.0794. The van der Waals surface area contributed by atoms with Crippen molar-refractivity contribution in [3.05, 3.63) is 59.7 Å². The molecule has 4 nitrogen and oxygen atoms in total. The second-order valence-electron chi connectivity index (χ2n) is 5.19. The molecule has 0 bridgehead atoms. The van der Waals surface area contributed by atoms with Crippen molar-refractivity contribution in [3.63, 3.8) is 0 Å². The first-order chi connectivity index (χ1) is 11.5. The molecule has 0 saturated carbocycles. The summed E-state index contributed by atoms with van der Waals surface area (Å²) in [5, 5.41) is 0. The fourth-order valence-electron chi connectivity index (χ4n) is 2.03. The number of rotatable bonds is 8. The molecule has 0 N–H and O–H groups in total. The SMILES string of the molecule is CCC(OS(=O)Oc1ccc(C)cc1)C(=O)c1ccc(SC)cc1. The molecular formula is C18H20O4S2. The Morgan fingerprint density at radius 3 is 2.29 bits per heavy atom. The van der Waals surface area contributed by atoms with Gasteiger partial charge >= 0.3 is 11.4 Å². The van der Waals surface area contributed by atoms with Gasteiger partial charge in [-0.3, -0.25) is 4.79 Å². The number of Topliss-reactive ketones (excluding diaryl/α,β-unsaturated/α-hetero) is 1. The van der Waals surface area contributed by atoms with Gasteiger partial charge in [0.1, 0.15) is 11.9 Å². The summed E-state index contributed by atoms with van der Waals surface area (Å²) in [4.78, 5) is 13.6. The average molecular weight is 364 g/mol. The quantitative estimate of drug-likeness (QED) is 0.515. The van der Waals surface area contributed by atoms with Gasteiger partial charge in [0.2, 0.25) is 0 Å². The average Bonchev–Trinajstić information content (AvgIpc) is 2.61. The van der Waals surface area contributed by atoms with E-state index in [9.17, 15) is 9.00 Å². The first kappa shape index (κ1) is 18.7. The highest BCUT2D eigenvalue weighted by atomic mass is 32.2. The van der Waals surface area contributed by atoms with Crippen molar-refractivity contribution in [1.29, 1.82) is 0 Å². The Kier molecular flexibility index (Phi) is 7.02. The summed E-state index contributed by atoms with van der Waals surface area (Å²) >= 11 is -0.428. The van der Waals surface area contributed by atoms with Crippen LogP contribution in [0.5, 0.6) is 5.75 Å².